The molecule has 1 fully saturated rings. The Morgan fingerprint density at radius 1 is 1.20 bits per heavy atom. The number of benzene rings is 1. The smallest absolute Gasteiger partial charge is 0.312 e. The zero-order valence-electron chi connectivity index (χ0n) is 14.9. The van der Waals surface area contributed by atoms with E-state index in [2.05, 4.69) is 17.4 Å². The Balaban J connectivity index is 1.64. The highest BCUT2D eigenvalue weighted by molar-refractivity contribution is 5.76. The molecule has 1 aliphatic rings. The van der Waals surface area contributed by atoms with Gasteiger partial charge in [-0.25, -0.2) is 4.79 Å². The van der Waals surface area contributed by atoms with Crippen molar-refractivity contribution in [1.82, 2.24) is 10.2 Å². The van der Waals surface area contributed by atoms with Gasteiger partial charge in [-0.2, -0.15) is 0 Å². The van der Waals surface area contributed by atoms with Crippen molar-refractivity contribution in [3.05, 3.63) is 29.8 Å². The summed E-state index contributed by atoms with van der Waals surface area (Å²) in [6.07, 6.45) is 2.09. The summed E-state index contributed by atoms with van der Waals surface area (Å²) in [6, 6.07) is 7.67. The second kappa shape index (κ2) is 9.88. The third-order valence-corrected chi connectivity index (χ3v) is 4.55. The van der Waals surface area contributed by atoms with E-state index >= 15 is 0 Å². The lowest BCUT2D eigenvalue weighted by Crippen LogP contribution is -3.13. The molecule has 1 aromatic carbocycles. The highest BCUT2D eigenvalue weighted by atomic mass is 16.5. The molecule has 0 saturated carbocycles. The number of methoxy groups -OCH3 is 1. The molecule has 0 radical (unpaired) electrons. The largest absolute Gasteiger partial charge is 0.497 e. The third-order valence-electron chi connectivity index (χ3n) is 4.55. The predicted octanol–water partition coefficient (Wildman–Crippen LogP) is -0.239. The van der Waals surface area contributed by atoms with Gasteiger partial charge in [0.25, 0.3) is 0 Å². The first-order chi connectivity index (χ1) is 12.1. The summed E-state index contributed by atoms with van der Waals surface area (Å²) in [5, 5.41) is 2.54. The van der Waals surface area contributed by atoms with Crippen LogP contribution < -0.4 is 20.7 Å². The SMILES string of the molecule is COc1ccc(C[NH+]2CCN(C(=O)CCCCNC(N)=O)CC2)cc1. The lowest BCUT2D eigenvalue weighted by Gasteiger charge is -2.32. The van der Waals surface area contributed by atoms with Gasteiger partial charge in [-0.3, -0.25) is 4.79 Å². The predicted molar refractivity (Wildman–Crippen MR) is 95.4 cm³/mol. The minimum atomic E-state index is -0.512. The molecule has 1 aromatic rings. The molecule has 25 heavy (non-hydrogen) atoms. The van der Waals surface area contributed by atoms with Gasteiger partial charge < -0.3 is 25.6 Å². The number of amides is 3. The lowest BCUT2D eigenvalue weighted by atomic mass is 10.1. The van der Waals surface area contributed by atoms with Crippen molar-refractivity contribution in [2.45, 2.75) is 25.8 Å². The number of nitrogens with zero attached hydrogens (tertiary/aromatic N) is 1. The third kappa shape index (κ3) is 6.62. The van der Waals surface area contributed by atoms with Crippen molar-refractivity contribution in [2.75, 3.05) is 39.8 Å². The number of nitrogens with two attached hydrogens (primary N) is 1. The van der Waals surface area contributed by atoms with Crippen LogP contribution in [0.15, 0.2) is 24.3 Å². The Kier molecular flexibility index (Phi) is 7.53. The van der Waals surface area contributed by atoms with Gasteiger partial charge in [0.15, 0.2) is 0 Å². The van der Waals surface area contributed by atoms with E-state index in [1.165, 1.54) is 10.5 Å². The summed E-state index contributed by atoms with van der Waals surface area (Å²) in [4.78, 5) is 26.2. The number of hydrogen-bond acceptors (Lipinski definition) is 3. The number of primary amides is 1. The molecule has 0 unspecified atom stereocenters. The van der Waals surface area contributed by atoms with Crippen molar-refractivity contribution in [2.24, 2.45) is 5.73 Å². The van der Waals surface area contributed by atoms with Crippen LogP contribution in [-0.4, -0.2) is 56.7 Å². The molecule has 1 saturated heterocycles. The fraction of sp³-hybridized carbons (Fsp3) is 0.556. The quantitative estimate of drug-likeness (QED) is 0.566. The van der Waals surface area contributed by atoms with E-state index in [-0.39, 0.29) is 5.91 Å². The average Bonchev–Trinajstić information content (AvgIpc) is 2.62. The summed E-state index contributed by atoms with van der Waals surface area (Å²) in [6.45, 7) is 5.07. The summed E-state index contributed by atoms with van der Waals surface area (Å²) in [5.74, 6) is 1.09. The van der Waals surface area contributed by atoms with Gasteiger partial charge >= 0.3 is 6.03 Å². The number of quaternary nitrogens is 1. The number of unbranched alkanes of at least 4 members (excludes halogenated alkanes) is 1. The van der Waals surface area contributed by atoms with E-state index in [9.17, 15) is 9.59 Å². The molecule has 4 N–H and O–H groups in total. The van der Waals surface area contributed by atoms with Crippen LogP contribution >= 0.6 is 0 Å². The minimum Gasteiger partial charge on any atom is -0.497 e. The van der Waals surface area contributed by atoms with Gasteiger partial charge in [0, 0.05) is 18.5 Å². The second-order valence-electron chi connectivity index (χ2n) is 6.40. The molecule has 138 valence electrons. The van der Waals surface area contributed by atoms with E-state index in [1.54, 1.807) is 7.11 Å². The van der Waals surface area contributed by atoms with Gasteiger partial charge in [-0.1, -0.05) is 0 Å². The van der Waals surface area contributed by atoms with E-state index in [1.807, 2.05) is 17.0 Å². The molecule has 3 amide bonds. The van der Waals surface area contributed by atoms with E-state index in [4.69, 9.17) is 10.5 Å². The van der Waals surface area contributed by atoms with Gasteiger partial charge in [0.1, 0.15) is 12.3 Å². The number of carbonyl (C=O) groups excluding carboxylic acids is 2. The number of rotatable bonds is 8. The number of nitrogens with one attached hydrogen (secondary N) is 2. The molecular formula is C18H29N4O3+. The Morgan fingerprint density at radius 2 is 1.88 bits per heavy atom. The van der Waals surface area contributed by atoms with Gasteiger partial charge in [0.2, 0.25) is 5.91 Å². The van der Waals surface area contributed by atoms with Crippen molar-refractivity contribution < 1.29 is 19.2 Å². The number of piperazine rings is 1. The summed E-state index contributed by atoms with van der Waals surface area (Å²) >= 11 is 0. The summed E-state index contributed by atoms with van der Waals surface area (Å²) < 4.78 is 5.18. The zero-order chi connectivity index (χ0) is 18.1. The molecule has 0 atom stereocenters. The van der Waals surface area contributed by atoms with Crippen molar-refractivity contribution in [1.29, 1.82) is 0 Å². The fourth-order valence-corrected chi connectivity index (χ4v) is 3.05. The van der Waals surface area contributed by atoms with Crippen molar-refractivity contribution in [3.8, 4) is 5.75 Å². The lowest BCUT2D eigenvalue weighted by molar-refractivity contribution is -0.917. The van der Waals surface area contributed by atoms with Crippen LogP contribution in [0.3, 0.4) is 0 Å². The topological polar surface area (TPSA) is 89.1 Å². The minimum absolute atomic E-state index is 0.211. The fourth-order valence-electron chi connectivity index (χ4n) is 3.05. The Labute approximate surface area is 149 Å². The molecule has 0 aromatic heterocycles. The monoisotopic (exact) mass is 349 g/mol. The number of hydrogen-bond donors (Lipinski definition) is 3. The average molecular weight is 349 g/mol. The summed E-state index contributed by atoms with van der Waals surface area (Å²) in [5.41, 5.74) is 6.29. The van der Waals surface area contributed by atoms with Crippen LogP contribution in [0.5, 0.6) is 5.75 Å². The molecule has 0 bridgehead atoms. The zero-order valence-corrected chi connectivity index (χ0v) is 14.9. The van der Waals surface area contributed by atoms with E-state index in [0.717, 1.165) is 51.3 Å². The molecule has 0 aliphatic carbocycles. The Hall–Kier alpha value is -2.28. The van der Waals surface area contributed by atoms with Crippen LogP contribution in [0.4, 0.5) is 4.79 Å². The van der Waals surface area contributed by atoms with Crippen LogP contribution in [0.1, 0.15) is 24.8 Å². The number of carbonyl (C=O) groups is 2. The van der Waals surface area contributed by atoms with Gasteiger partial charge in [-0.15, -0.1) is 0 Å². The highest BCUT2D eigenvalue weighted by Crippen LogP contribution is 2.10. The van der Waals surface area contributed by atoms with E-state index in [0.29, 0.717) is 13.0 Å². The maximum atomic E-state index is 12.2. The van der Waals surface area contributed by atoms with Crippen LogP contribution in [0.25, 0.3) is 0 Å². The normalized spacial score (nSPS) is 15.0. The first-order valence-corrected chi connectivity index (χ1v) is 8.86. The van der Waals surface area contributed by atoms with E-state index < -0.39 is 6.03 Å². The summed E-state index contributed by atoms with van der Waals surface area (Å²) in [7, 11) is 1.67. The molecule has 1 heterocycles. The number of ether oxygens (including phenoxy) is 1. The Bertz CT molecular complexity index is 554. The maximum Gasteiger partial charge on any atom is 0.312 e. The number of urea groups is 1. The van der Waals surface area contributed by atoms with Gasteiger partial charge in [-0.05, 0) is 37.1 Å². The molecular weight excluding hydrogens is 320 g/mol. The van der Waals surface area contributed by atoms with Crippen molar-refractivity contribution in [3.63, 3.8) is 0 Å². The molecule has 7 nitrogen and oxygen atoms in total. The Morgan fingerprint density at radius 3 is 2.48 bits per heavy atom. The van der Waals surface area contributed by atoms with Crippen LogP contribution in [-0.2, 0) is 11.3 Å². The molecule has 7 heteroatoms. The molecule has 2 rings (SSSR count). The maximum absolute atomic E-state index is 12.2. The second-order valence-corrected chi connectivity index (χ2v) is 6.40. The van der Waals surface area contributed by atoms with Crippen LogP contribution in [0, 0.1) is 0 Å². The first-order valence-electron chi connectivity index (χ1n) is 8.86. The molecule has 0 spiro atoms. The van der Waals surface area contributed by atoms with Gasteiger partial charge in [0.05, 0.1) is 33.3 Å². The van der Waals surface area contributed by atoms with Crippen LogP contribution in [0.2, 0.25) is 0 Å². The molecule has 1 aliphatic heterocycles. The first kappa shape index (κ1) is 19.1. The highest BCUT2D eigenvalue weighted by Gasteiger charge is 2.23. The standard InChI is InChI=1S/C18H28N4O3/c1-25-16-7-5-15(6-8-16)14-21-10-12-22(13-11-21)17(23)4-2-3-9-20-18(19)24/h5-8H,2-4,9-14H2,1H3,(H3,19,20,24)/p+1. The van der Waals surface area contributed by atoms with Crippen molar-refractivity contribution >= 4 is 11.9 Å².